The van der Waals surface area contributed by atoms with Crippen LogP contribution < -0.4 is 10.6 Å². The minimum absolute atomic E-state index is 0.103. The summed E-state index contributed by atoms with van der Waals surface area (Å²) in [5.74, 6) is 0.683. The second kappa shape index (κ2) is 6.95. The van der Waals surface area contributed by atoms with Crippen molar-refractivity contribution in [3.8, 4) is 0 Å². The Balaban J connectivity index is 2.06. The molecule has 1 aromatic carbocycles. The number of ether oxygens (including phenoxy) is 1. The first-order valence-electron chi connectivity index (χ1n) is 6.68. The predicted octanol–water partition coefficient (Wildman–Crippen LogP) is 2.41. The van der Waals surface area contributed by atoms with Crippen molar-refractivity contribution in [3.05, 3.63) is 28.2 Å². The molecule has 5 nitrogen and oxygen atoms in total. The minimum Gasteiger partial charge on any atom is -0.409 e. The van der Waals surface area contributed by atoms with Crippen LogP contribution in [0.4, 0.5) is 5.69 Å². The molecule has 1 aromatic rings. The maximum Gasteiger partial charge on any atom is 0.171 e. The second-order valence-corrected chi connectivity index (χ2v) is 5.97. The molecule has 1 unspecified atom stereocenters. The Kier molecular flexibility index (Phi) is 5.25. The number of hydrogen-bond donors (Lipinski definition) is 2. The minimum atomic E-state index is 0.103. The van der Waals surface area contributed by atoms with Crippen LogP contribution in [0.3, 0.4) is 0 Å². The quantitative estimate of drug-likeness (QED) is 0.382. The Morgan fingerprint density at radius 2 is 2.40 bits per heavy atom. The van der Waals surface area contributed by atoms with E-state index in [0.717, 1.165) is 36.3 Å². The van der Waals surface area contributed by atoms with Gasteiger partial charge in [0.25, 0.3) is 0 Å². The van der Waals surface area contributed by atoms with Gasteiger partial charge in [-0.2, -0.15) is 0 Å². The van der Waals surface area contributed by atoms with Crippen molar-refractivity contribution < 1.29 is 9.94 Å². The highest BCUT2D eigenvalue weighted by atomic mass is 79.9. The van der Waals surface area contributed by atoms with Crippen LogP contribution in [0.25, 0.3) is 0 Å². The van der Waals surface area contributed by atoms with Gasteiger partial charge in [-0.3, -0.25) is 0 Å². The van der Waals surface area contributed by atoms with E-state index in [1.165, 1.54) is 6.42 Å². The third kappa shape index (κ3) is 3.64. The van der Waals surface area contributed by atoms with Gasteiger partial charge in [0.05, 0.1) is 6.61 Å². The summed E-state index contributed by atoms with van der Waals surface area (Å²) >= 11 is 3.46. The van der Waals surface area contributed by atoms with E-state index in [0.29, 0.717) is 11.5 Å². The van der Waals surface area contributed by atoms with Crippen LogP contribution in [0.5, 0.6) is 0 Å². The first kappa shape index (κ1) is 15.1. The Morgan fingerprint density at radius 1 is 1.60 bits per heavy atom. The number of benzene rings is 1. The lowest BCUT2D eigenvalue weighted by Crippen LogP contribution is -2.30. The fraction of sp³-hybridized carbons (Fsp3) is 0.500. The zero-order valence-electron chi connectivity index (χ0n) is 11.6. The monoisotopic (exact) mass is 341 g/mol. The van der Waals surface area contributed by atoms with Crippen LogP contribution in [0, 0.1) is 5.92 Å². The zero-order valence-corrected chi connectivity index (χ0v) is 13.1. The number of nitrogens with zero attached hydrogens (tertiary/aromatic N) is 2. The third-order valence-corrected chi connectivity index (χ3v) is 4.22. The van der Waals surface area contributed by atoms with Crippen LogP contribution in [-0.2, 0) is 4.74 Å². The maximum absolute atomic E-state index is 8.73. The summed E-state index contributed by atoms with van der Waals surface area (Å²) in [6, 6.07) is 5.81. The van der Waals surface area contributed by atoms with Gasteiger partial charge in [0, 0.05) is 35.9 Å². The average molecular weight is 342 g/mol. The molecular formula is C14H20BrN3O2. The fourth-order valence-electron chi connectivity index (χ4n) is 2.45. The smallest absolute Gasteiger partial charge is 0.171 e. The molecule has 110 valence electrons. The van der Waals surface area contributed by atoms with Gasteiger partial charge in [-0.25, -0.2) is 0 Å². The van der Waals surface area contributed by atoms with Crippen LogP contribution >= 0.6 is 15.9 Å². The van der Waals surface area contributed by atoms with Gasteiger partial charge in [0.2, 0.25) is 0 Å². The van der Waals surface area contributed by atoms with Gasteiger partial charge >= 0.3 is 0 Å². The Hall–Kier alpha value is -1.27. The molecule has 0 amide bonds. The number of oxime groups is 1. The van der Waals surface area contributed by atoms with Gasteiger partial charge in [-0.05, 0) is 52.9 Å². The highest BCUT2D eigenvalue weighted by molar-refractivity contribution is 9.10. The lowest BCUT2D eigenvalue weighted by atomic mass is 10.0. The van der Waals surface area contributed by atoms with Crippen LogP contribution in [0.2, 0.25) is 0 Å². The van der Waals surface area contributed by atoms with E-state index < -0.39 is 0 Å². The summed E-state index contributed by atoms with van der Waals surface area (Å²) in [7, 11) is 2.07. The molecule has 1 fully saturated rings. The summed E-state index contributed by atoms with van der Waals surface area (Å²) in [6.07, 6.45) is 2.36. The molecule has 3 N–H and O–H groups in total. The number of halogens is 1. The summed E-state index contributed by atoms with van der Waals surface area (Å²) in [5, 5.41) is 11.7. The molecule has 1 aliphatic rings. The largest absolute Gasteiger partial charge is 0.409 e. The molecule has 1 saturated heterocycles. The summed E-state index contributed by atoms with van der Waals surface area (Å²) in [4.78, 5) is 2.21. The molecule has 6 heteroatoms. The molecule has 0 saturated carbocycles. The molecule has 0 aromatic heterocycles. The average Bonchev–Trinajstić information content (AvgIpc) is 2.47. The summed E-state index contributed by atoms with van der Waals surface area (Å²) in [5.41, 5.74) is 7.39. The van der Waals surface area contributed by atoms with E-state index in [1.807, 2.05) is 18.2 Å². The highest BCUT2D eigenvalue weighted by Gasteiger charge is 2.17. The van der Waals surface area contributed by atoms with Gasteiger partial charge in [0.15, 0.2) is 5.84 Å². The molecule has 0 radical (unpaired) electrons. The highest BCUT2D eigenvalue weighted by Crippen LogP contribution is 2.25. The number of rotatable bonds is 4. The predicted molar refractivity (Wildman–Crippen MR) is 83.5 cm³/mol. The number of anilines is 1. The topological polar surface area (TPSA) is 71.1 Å². The Morgan fingerprint density at radius 3 is 3.00 bits per heavy atom. The van der Waals surface area contributed by atoms with Crippen molar-refractivity contribution >= 4 is 27.5 Å². The lowest BCUT2D eigenvalue weighted by Gasteiger charge is -2.28. The SMILES string of the molecule is CN(CC1CCCOC1)c1ccc(/C(N)=N/O)c(Br)c1. The molecular weight excluding hydrogens is 322 g/mol. The van der Waals surface area contributed by atoms with E-state index in [9.17, 15) is 0 Å². The van der Waals surface area contributed by atoms with Crippen molar-refractivity contribution in [1.29, 1.82) is 0 Å². The normalized spacial score (nSPS) is 19.9. The van der Waals surface area contributed by atoms with Crippen LogP contribution in [0.15, 0.2) is 27.8 Å². The molecule has 0 spiro atoms. The zero-order chi connectivity index (χ0) is 14.5. The molecule has 1 aliphatic heterocycles. The van der Waals surface area contributed by atoms with Crippen molar-refractivity contribution in [3.63, 3.8) is 0 Å². The van der Waals surface area contributed by atoms with Crippen molar-refractivity contribution in [2.24, 2.45) is 16.8 Å². The number of amidine groups is 1. The van der Waals surface area contributed by atoms with Gasteiger partial charge in [-0.15, -0.1) is 0 Å². The first-order chi connectivity index (χ1) is 9.61. The Bertz CT molecular complexity index is 487. The van der Waals surface area contributed by atoms with E-state index in [1.54, 1.807) is 0 Å². The molecule has 0 aliphatic carbocycles. The van der Waals surface area contributed by atoms with Gasteiger partial charge in [-0.1, -0.05) is 5.16 Å². The maximum atomic E-state index is 8.73. The first-order valence-corrected chi connectivity index (χ1v) is 7.47. The van der Waals surface area contributed by atoms with Crippen LogP contribution in [-0.4, -0.2) is 37.8 Å². The van der Waals surface area contributed by atoms with E-state index >= 15 is 0 Å². The third-order valence-electron chi connectivity index (χ3n) is 3.56. The summed E-state index contributed by atoms with van der Waals surface area (Å²) in [6.45, 7) is 2.70. The molecule has 20 heavy (non-hydrogen) atoms. The van der Waals surface area contributed by atoms with Crippen molar-refractivity contribution in [1.82, 2.24) is 0 Å². The second-order valence-electron chi connectivity index (χ2n) is 5.11. The van der Waals surface area contributed by atoms with Crippen molar-refractivity contribution in [2.45, 2.75) is 12.8 Å². The van der Waals surface area contributed by atoms with E-state index in [-0.39, 0.29) is 5.84 Å². The van der Waals surface area contributed by atoms with E-state index in [2.05, 4.69) is 33.0 Å². The number of nitrogens with two attached hydrogens (primary N) is 1. The van der Waals surface area contributed by atoms with Crippen LogP contribution in [0.1, 0.15) is 18.4 Å². The van der Waals surface area contributed by atoms with E-state index in [4.69, 9.17) is 15.7 Å². The van der Waals surface area contributed by atoms with Crippen molar-refractivity contribution in [2.75, 3.05) is 31.7 Å². The molecule has 1 heterocycles. The molecule has 0 bridgehead atoms. The summed E-state index contributed by atoms with van der Waals surface area (Å²) < 4.78 is 6.33. The Labute approximate surface area is 127 Å². The fourth-order valence-corrected chi connectivity index (χ4v) is 3.02. The lowest BCUT2D eigenvalue weighted by molar-refractivity contribution is 0.0576. The molecule has 2 rings (SSSR count). The number of hydrogen-bond acceptors (Lipinski definition) is 4. The van der Waals surface area contributed by atoms with Gasteiger partial charge in [0.1, 0.15) is 0 Å². The standard InChI is InChI=1S/C14H20BrN3O2/c1-18(8-10-3-2-6-20-9-10)11-4-5-12(13(15)7-11)14(16)17-19/h4-5,7,10,19H,2-3,6,8-9H2,1H3,(H2,16,17). The molecule has 1 atom stereocenters. The van der Waals surface area contributed by atoms with Gasteiger partial charge < -0.3 is 20.6 Å².